The highest BCUT2D eigenvalue weighted by Crippen LogP contribution is 2.36. The Morgan fingerprint density at radius 2 is 1.78 bits per heavy atom. The number of hydrogen-bond donors (Lipinski definition) is 1. The zero-order valence-electron chi connectivity index (χ0n) is 15.7. The number of carbonyl (C=O) groups excluding carboxylic acids is 1. The molecule has 4 heteroatoms. The van der Waals surface area contributed by atoms with Gasteiger partial charge in [0.05, 0.1) is 0 Å². The smallest absolute Gasteiger partial charge is 0.410 e. The lowest BCUT2D eigenvalue weighted by atomic mass is 9.97. The van der Waals surface area contributed by atoms with Gasteiger partial charge in [-0.3, -0.25) is 0 Å². The summed E-state index contributed by atoms with van der Waals surface area (Å²) in [6.45, 7) is 11.5. The zero-order valence-corrected chi connectivity index (χ0v) is 15.7. The molecular formula is C19H36N2O2. The van der Waals surface area contributed by atoms with Crippen molar-refractivity contribution < 1.29 is 9.53 Å². The number of unbranched alkanes of at least 4 members (excludes halogenated alkanes) is 1. The third kappa shape index (κ3) is 5.66. The van der Waals surface area contributed by atoms with Crippen LogP contribution in [0.15, 0.2) is 0 Å². The molecule has 2 atom stereocenters. The van der Waals surface area contributed by atoms with E-state index in [-0.39, 0.29) is 6.09 Å². The molecule has 1 amide bonds. The van der Waals surface area contributed by atoms with Crippen molar-refractivity contribution in [2.45, 2.75) is 103 Å². The molecule has 2 saturated heterocycles. The van der Waals surface area contributed by atoms with Crippen LogP contribution < -0.4 is 5.32 Å². The van der Waals surface area contributed by atoms with Gasteiger partial charge in [0.25, 0.3) is 0 Å². The topological polar surface area (TPSA) is 41.6 Å². The lowest BCUT2D eigenvalue weighted by Gasteiger charge is -2.39. The fourth-order valence-electron chi connectivity index (χ4n) is 3.94. The summed E-state index contributed by atoms with van der Waals surface area (Å²) in [5.41, 5.74) is -0.401. The number of nitrogens with zero attached hydrogens (tertiary/aromatic N) is 1. The Morgan fingerprint density at radius 3 is 2.30 bits per heavy atom. The molecule has 0 aromatic carbocycles. The quantitative estimate of drug-likeness (QED) is 0.739. The molecule has 2 aliphatic rings. The predicted molar refractivity (Wildman–Crippen MR) is 94.6 cm³/mol. The molecule has 0 aromatic heterocycles. The monoisotopic (exact) mass is 324 g/mol. The van der Waals surface area contributed by atoms with Crippen molar-refractivity contribution in [2.75, 3.05) is 6.54 Å². The molecule has 2 heterocycles. The number of amides is 1. The van der Waals surface area contributed by atoms with Gasteiger partial charge in [0.2, 0.25) is 0 Å². The summed E-state index contributed by atoms with van der Waals surface area (Å²) in [4.78, 5) is 14.5. The fraction of sp³-hybridized carbons (Fsp3) is 0.947. The van der Waals surface area contributed by atoms with Crippen LogP contribution >= 0.6 is 0 Å². The number of rotatable bonds is 6. The Bertz CT molecular complexity index is 375. The van der Waals surface area contributed by atoms with Crippen LogP contribution in [0.5, 0.6) is 0 Å². The van der Waals surface area contributed by atoms with Crippen LogP contribution in [-0.4, -0.2) is 41.3 Å². The Balaban J connectivity index is 1.75. The lowest BCUT2D eigenvalue weighted by Crippen LogP contribution is -2.52. The molecule has 23 heavy (non-hydrogen) atoms. The van der Waals surface area contributed by atoms with E-state index < -0.39 is 5.60 Å². The largest absolute Gasteiger partial charge is 0.444 e. The number of piperidine rings is 1. The molecule has 0 spiro atoms. The van der Waals surface area contributed by atoms with Gasteiger partial charge >= 0.3 is 6.09 Å². The maximum atomic E-state index is 12.4. The van der Waals surface area contributed by atoms with E-state index in [1.54, 1.807) is 0 Å². The Labute approximate surface area is 142 Å². The first-order valence-corrected chi connectivity index (χ1v) is 9.51. The van der Waals surface area contributed by atoms with Crippen LogP contribution in [0.25, 0.3) is 0 Å². The van der Waals surface area contributed by atoms with Crippen LogP contribution in [0.4, 0.5) is 4.79 Å². The molecule has 1 N–H and O–H groups in total. The standard InChI is InChI=1S/C19H36N2O2/c1-14(2)8-6-7-11-20-15-12-16-9-10-17(13-15)21(16)18(22)23-19(3,4)5/h14-17,20H,6-13H2,1-5H3. The number of carbonyl (C=O) groups is 1. The highest BCUT2D eigenvalue weighted by molar-refractivity contribution is 5.69. The molecule has 0 aromatic rings. The van der Waals surface area contributed by atoms with Crippen molar-refractivity contribution in [1.82, 2.24) is 10.2 Å². The molecule has 134 valence electrons. The van der Waals surface area contributed by atoms with Crippen molar-refractivity contribution in [3.05, 3.63) is 0 Å². The van der Waals surface area contributed by atoms with E-state index in [1.165, 1.54) is 19.3 Å². The normalized spacial score (nSPS) is 27.6. The van der Waals surface area contributed by atoms with E-state index >= 15 is 0 Å². The van der Waals surface area contributed by atoms with E-state index in [0.717, 1.165) is 38.1 Å². The molecule has 0 radical (unpaired) electrons. The van der Waals surface area contributed by atoms with Gasteiger partial charge in [-0.15, -0.1) is 0 Å². The Kier molecular flexibility index (Phi) is 6.35. The van der Waals surface area contributed by atoms with Crippen molar-refractivity contribution in [3.8, 4) is 0 Å². The number of fused-ring (bicyclic) bond motifs is 2. The van der Waals surface area contributed by atoms with Gasteiger partial charge in [0.15, 0.2) is 0 Å². The number of ether oxygens (including phenoxy) is 1. The lowest BCUT2D eigenvalue weighted by molar-refractivity contribution is 0.00474. The van der Waals surface area contributed by atoms with Gasteiger partial charge in [0, 0.05) is 18.1 Å². The summed E-state index contributed by atoms with van der Waals surface area (Å²) in [5, 5.41) is 3.73. The van der Waals surface area contributed by atoms with Crippen LogP contribution in [-0.2, 0) is 4.74 Å². The van der Waals surface area contributed by atoms with Gasteiger partial charge < -0.3 is 15.0 Å². The molecule has 0 aliphatic carbocycles. The van der Waals surface area contributed by atoms with Crippen molar-refractivity contribution >= 4 is 6.09 Å². The maximum Gasteiger partial charge on any atom is 0.410 e. The summed E-state index contributed by atoms with van der Waals surface area (Å²) in [7, 11) is 0. The molecule has 2 bridgehead atoms. The van der Waals surface area contributed by atoms with Crippen LogP contribution in [0.1, 0.15) is 79.6 Å². The van der Waals surface area contributed by atoms with Gasteiger partial charge in [-0.05, 0) is 65.3 Å². The van der Waals surface area contributed by atoms with Crippen molar-refractivity contribution in [2.24, 2.45) is 5.92 Å². The second-order valence-corrected chi connectivity index (χ2v) is 8.78. The van der Waals surface area contributed by atoms with Gasteiger partial charge in [-0.2, -0.15) is 0 Å². The van der Waals surface area contributed by atoms with Crippen molar-refractivity contribution in [1.29, 1.82) is 0 Å². The van der Waals surface area contributed by atoms with Gasteiger partial charge in [0.1, 0.15) is 5.60 Å². The first kappa shape index (κ1) is 18.6. The Morgan fingerprint density at radius 1 is 1.17 bits per heavy atom. The van der Waals surface area contributed by atoms with E-state index in [1.807, 2.05) is 25.7 Å². The molecule has 4 nitrogen and oxygen atoms in total. The first-order chi connectivity index (χ1) is 10.8. The zero-order chi connectivity index (χ0) is 17.0. The summed E-state index contributed by atoms with van der Waals surface area (Å²) in [6.07, 6.45) is 8.23. The SMILES string of the molecule is CC(C)CCCCNC1CC2CCC(C1)N2C(=O)OC(C)(C)C. The Hall–Kier alpha value is -0.770. The summed E-state index contributed by atoms with van der Waals surface area (Å²) >= 11 is 0. The van der Waals surface area contributed by atoms with Crippen LogP contribution in [0.3, 0.4) is 0 Å². The van der Waals surface area contributed by atoms with Gasteiger partial charge in [-0.25, -0.2) is 4.79 Å². The summed E-state index contributed by atoms with van der Waals surface area (Å²) < 4.78 is 5.60. The number of hydrogen-bond acceptors (Lipinski definition) is 3. The highest BCUT2D eigenvalue weighted by Gasteiger charge is 2.44. The van der Waals surface area contributed by atoms with E-state index in [4.69, 9.17) is 4.74 Å². The second-order valence-electron chi connectivity index (χ2n) is 8.78. The third-order valence-electron chi connectivity index (χ3n) is 4.98. The predicted octanol–water partition coefficient (Wildman–Crippen LogP) is 4.33. The minimum absolute atomic E-state index is 0.111. The first-order valence-electron chi connectivity index (χ1n) is 9.51. The van der Waals surface area contributed by atoms with E-state index in [0.29, 0.717) is 18.1 Å². The summed E-state index contributed by atoms with van der Waals surface area (Å²) in [6, 6.07) is 1.32. The van der Waals surface area contributed by atoms with Gasteiger partial charge in [-0.1, -0.05) is 26.7 Å². The van der Waals surface area contributed by atoms with E-state index in [2.05, 4.69) is 19.2 Å². The summed E-state index contributed by atoms with van der Waals surface area (Å²) in [5.74, 6) is 0.808. The van der Waals surface area contributed by atoms with E-state index in [9.17, 15) is 4.79 Å². The van der Waals surface area contributed by atoms with Crippen LogP contribution in [0.2, 0.25) is 0 Å². The second kappa shape index (κ2) is 7.87. The minimum Gasteiger partial charge on any atom is -0.444 e. The molecule has 2 fully saturated rings. The van der Waals surface area contributed by atoms with Crippen molar-refractivity contribution in [3.63, 3.8) is 0 Å². The molecular weight excluding hydrogens is 288 g/mol. The van der Waals surface area contributed by atoms with Crippen LogP contribution in [0, 0.1) is 5.92 Å². The third-order valence-corrected chi connectivity index (χ3v) is 4.98. The maximum absolute atomic E-state index is 12.4. The molecule has 2 rings (SSSR count). The molecule has 2 unspecified atom stereocenters. The number of nitrogens with one attached hydrogen (secondary N) is 1. The molecule has 2 aliphatic heterocycles. The average Bonchev–Trinajstić information content (AvgIpc) is 2.68. The fourth-order valence-corrected chi connectivity index (χ4v) is 3.94. The molecule has 0 saturated carbocycles. The average molecular weight is 325 g/mol. The highest BCUT2D eigenvalue weighted by atomic mass is 16.6. The minimum atomic E-state index is -0.401.